The van der Waals surface area contributed by atoms with Gasteiger partial charge in [-0.05, 0) is 38.3 Å². The molecule has 1 aromatic heterocycles. The Kier molecular flexibility index (Phi) is 4.74. The molecular weight excluding hydrogens is 242 g/mol. The van der Waals surface area contributed by atoms with E-state index in [-0.39, 0.29) is 17.9 Å². The first-order valence-corrected chi connectivity index (χ1v) is 6.85. The monoisotopic (exact) mass is 263 g/mol. The van der Waals surface area contributed by atoms with Gasteiger partial charge in [-0.25, -0.2) is 4.98 Å². The largest absolute Gasteiger partial charge is 0.476 e. The topological polar surface area (TPSA) is 77.2 Å². The highest BCUT2D eigenvalue weighted by Gasteiger charge is 2.25. The van der Waals surface area contributed by atoms with Crippen LogP contribution in [0.15, 0.2) is 18.3 Å². The third-order valence-corrected chi connectivity index (χ3v) is 3.40. The number of carbonyl (C=O) groups is 1. The molecule has 0 aromatic carbocycles. The Hall–Kier alpha value is -1.62. The zero-order chi connectivity index (χ0) is 13.7. The first-order valence-electron chi connectivity index (χ1n) is 6.85. The molecule has 5 heteroatoms. The van der Waals surface area contributed by atoms with Crippen molar-refractivity contribution < 1.29 is 9.53 Å². The molecular formula is C14H21N3O2. The standard InChI is InChI=1S/C14H21N3O2/c1-2-19-14-12(7-4-8-16-14)17-13(18)10-5-3-6-11(15)9-10/h4,7-8,10-11H,2-3,5-6,9,15H2,1H3,(H,17,18). The van der Waals surface area contributed by atoms with Gasteiger partial charge in [0.1, 0.15) is 5.69 Å². The summed E-state index contributed by atoms with van der Waals surface area (Å²) in [5, 5.41) is 2.90. The van der Waals surface area contributed by atoms with E-state index in [4.69, 9.17) is 10.5 Å². The molecule has 1 saturated carbocycles. The molecule has 1 amide bonds. The highest BCUT2D eigenvalue weighted by molar-refractivity contribution is 5.93. The minimum atomic E-state index is -0.00145. The number of nitrogens with zero attached hydrogens (tertiary/aromatic N) is 1. The van der Waals surface area contributed by atoms with Gasteiger partial charge >= 0.3 is 0 Å². The Balaban J connectivity index is 2.02. The van der Waals surface area contributed by atoms with Gasteiger partial charge in [-0.15, -0.1) is 0 Å². The molecule has 1 aliphatic carbocycles. The van der Waals surface area contributed by atoms with Crippen LogP contribution in [0.3, 0.4) is 0 Å². The van der Waals surface area contributed by atoms with Gasteiger partial charge in [0, 0.05) is 18.2 Å². The number of hydrogen-bond acceptors (Lipinski definition) is 4. The van der Waals surface area contributed by atoms with E-state index in [2.05, 4.69) is 10.3 Å². The van der Waals surface area contributed by atoms with Gasteiger partial charge in [-0.1, -0.05) is 6.42 Å². The minimum Gasteiger partial charge on any atom is -0.476 e. The van der Waals surface area contributed by atoms with Crippen LogP contribution in [0.1, 0.15) is 32.6 Å². The van der Waals surface area contributed by atoms with Gasteiger partial charge in [0.25, 0.3) is 0 Å². The molecule has 1 aromatic rings. The maximum atomic E-state index is 12.2. The molecule has 1 aliphatic rings. The molecule has 0 saturated heterocycles. The lowest BCUT2D eigenvalue weighted by molar-refractivity contribution is -0.120. The fraction of sp³-hybridized carbons (Fsp3) is 0.571. The van der Waals surface area contributed by atoms with Crippen molar-refractivity contribution in [3.8, 4) is 5.88 Å². The molecule has 0 spiro atoms. The summed E-state index contributed by atoms with van der Waals surface area (Å²) in [6.07, 6.45) is 5.35. The van der Waals surface area contributed by atoms with E-state index in [1.165, 1.54) is 0 Å². The molecule has 2 rings (SSSR count). The zero-order valence-electron chi connectivity index (χ0n) is 11.3. The summed E-state index contributed by atoms with van der Waals surface area (Å²) in [6.45, 7) is 2.41. The van der Waals surface area contributed by atoms with Gasteiger partial charge in [0.2, 0.25) is 11.8 Å². The second-order valence-electron chi connectivity index (χ2n) is 4.90. The van der Waals surface area contributed by atoms with Gasteiger partial charge in [-0.3, -0.25) is 4.79 Å². The lowest BCUT2D eigenvalue weighted by Crippen LogP contribution is -2.34. The summed E-state index contributed by atoms with van der Waals surface area (Å²) >= 11 is 0. The number of pyridine rings is 1. The number of hydrogen-bond donors (Lipinski definition) is 2. The summed E-state index contributed by atoms with van der Waals surface area (Å²) < 4.78 is 5.40. The summed E-state index contributed by atoms with van der Waals surface area (Å²) in [6, 6.07) is 3.73. The van der Waals surface area contributed by atoms with Crippen LogP contribution in [0.5, 0.6) is 5.88 Å². The van der Waals surface area contributed by atoms with E-state index in [9.17, 15) is 4.79 Å². The summed E-state index contributed by atoms with van der Waals surface area (Å²) in [4.78, 5) is 16.3. The van der Waals surface area contributed by atoms with Crippen molar-refractivity contribution in [2.24, 2.45) is 11.7 Å². The Morgan fingerprint density at radius 1 is 1.58 bits per heavy atom. The third-order valence-electron chi connectivity index (χ3n) is 3.40. The number of nitrogens with one attached hydrogen (secondary N) is 1. The number of rotatable bonds is 4. The average molecular weight is 263 g/mol. The normalized spacial score (nSPS) is 22.8. The van der Waals surface area contributed by atoms with Gasteiger partial charge in [-0.2, -0.15) is 0 Å². The van der Waals surface area contributed by atoms with Crippen LogP contribution in [0.25, 0.3) is 0 Å². The van der Waals surface area contributed by atoms with Gasteiger partial charge < -0.3 is 15.8 Å². The molecule has 0 aliphatic heterocycles. The van der Waals surface area contributed by atoms with Crippen molar-refractivity contribution in [3.63, 3.8) is 0 Å². The molecule has 1 fully saturated rings. The van der Waals surface area contributed by atoms with E-state index in [0.29, 0.717) is 18.2 Å². The number of ether oxygens (including phenoxy) is 1. The second-order valence-corrected chi connectivity index (χ2v) is 4.90. The lowest BCUT2D eigenvalue weighted by Gasteiger charge is -2.25. The number of amides is 1. The van der Waals surface area contributed by atoms with Crippen LogP contribution >= 0.6 is 0 Å². The van der Waals surface area contributed by atoms with Gasteiger partial charge in [0.15, 0.2) is 0 Å². The molecule has 1 heterocycles. The molecule has 2 atom stereocenters. The van der Waals surface area contributed by atoms with Crippen LogP contribution in [-0.4, -0.2) is 23.5 Å². The highest BCUT2D eigenvalue weighted by Crippen LogP contribution is 2.26. The predicted octanol–water partition coefficient (Wildman–Crippen LogP) is 1.94. The Bertz CT molecular complexity index is 436. The molecule has 3 N–H and O–H groups in total. The predicted molar refractivity (Wildman–Crippen MR) is 74.0 cm³/mol. The maximum Gasteiger partial charge on any atom is 0.237 e. The van der Waals surface area contributed by atoms with Crippen molar-refractivity contribution in [3.05, 3.63) is 18.3 Å². The number of carbonyl (C=O) groups excluding carboxylic acids is 1. The first kappa shape index (κ1) is 13.8. The SMILES string of the molecule is CCOc1ncccc1NC(=O)C1CCCC(N)C1. The molecule has 0 radical (unpaired) electrons. The van der Waals surface area contributed by atoms with Crippen LogP contribution in [-0.2, 0) is 4.79 Å². The average Bonchev–Trinajstić information content (AvgIpc) is 2.41. The summed E-state index contributed by atoms with van der Waals surface area (Å²) in [5.74, 6) is 0.487. The first-order chi connectivity index (χ1) is 9.20. The maximum absolute atomic E-state index is 12.2. The van der Waals surface area contributed by atoms with Crippen LogP contribution in [0.4, 0.5) is 5.69 Å². The fourth-order valence-corrected chi connectivity index (χ4v) is 2.44. The van der Waals surface area contributed by atoms with Crippen LogP contribution in [0, 0.1) is 5.92 Å². The van der Waals surface area contributed by atoms with Crippen molar-refractivity contribution in [1.82, 2.24) is 4.98 Å². The van der Waals surface area contributed by atoms with Crippen LogP contribution < -0.4 is 15.8 Å². The molecule has 2 unspecified atom stereocenters. The fourth-order valence-electron chi connectivity index (χ4n) is 2.44. The number of anilines is 1. The quantitative estimate of drug-likeness (QED) is 0.870. The van der Waals surface area contributed by atoms with Crippen molar-refractivity contribution in [2.75, 3.05) is 11.9 Å². The van der Waals surface area contributed by atoms with E-state index >= 15 is 0 Å². The van der Waals surface area contributed by atoms with E-state index in [1.807, 2.05) is 6.92 Å². The van der Waals surface area contributed by atoms with E-state index in [1.54, 1.807) is 18.3 Å². The van der Waals surface area contributed by atoms with Gasteiger partial charge in [0.05, 0.1) is 6.61 Å². The number of aromatic nitrogens is 1. The van der Waals surface area contributed by atoms with Crippen LogP contribution in [0.2, 0.25) is 0 Å². The van der Waals surface area contributed by atoms with Crippen molar-refractivity contribution in [1.29, 1.82) is 0 Å². The number of nitrogens with two attached hydrogens (primary N) is 1. The molecule has 0 bridgehead atoms. The zero-order valence-corrected chi connectivity index (χ0v) is 11.3. The Morgan fingerprint density at radius 2 is 2.42 bits per heavy atom. The molecule has 5 nitrogen and oxygen atoms in total. The smallest absolute Gasteiger partial charge is 0.237 e. The van der Waals surface area contributed by atoms with Crippen molar-refractivity contribution >= 4 is 11.6 Å². The Morgan fingerprint density at radius 3 is 3.16 bits per heavy atom. The highest BCUT2D eigenvalue weighted by atomic mass is 16.5. The Labute approximate surface area is 113 Å². The third kappa shape index (κ3) is 3.67. The second kappa shape index (κ2) is 6.52. The minimum absolute atomic E-state index is 0.00145. The van der Waals surface area contributed by atoms with E-state index in [0.717, 1.165) is 25.7 Å². The molecule has 19 heavy (non-hydrogen) atoms. The van der Waals surface area contributed by atoms with E-state index < -0.39 is 0 Å². The molecule has 104 valence electrons. The lowest BCUT2D eigenvalue weighted by atomic mass is 9.85. The van der Waals surface area contributed by atoms with Crippen molar-refractivity contribution in [2.45, 2.75) is 38.6 Å². The summed E-state index contributed by atoms with van der Waals surface area (Å²) in [7, 11) is 0. The summed E-state index contributed by atoms with van der Waals surface area (Å²) in [5.41, 5.74) is 6.55.